The van der Waals surface area contributed by atoms with E-state index in [1.54, 1.807) is 48.5 Å². The molecule has 0 spiro atoms. The van der Waals surface area contributed by atoms with Gasteiger partial charge in [-0.2, -0.15) is 0 Å². The number of amides is 1. The van der Waals surface area contributed by atoms with Gasteiger partial charge in [-0.05, 0) is 92.6 Å². The van der Waals surface area contributed by atoms with Crippen molar-refractivity contribution < 1.29 is 19.1 Å². The summed E-state index contributed by atoms with van der Waals surface area (Å²) in [7, 11) is 1.49. The summed E-state index contributed by atoms with van der Waals surface area (Å²) in [5.41, 5.74) is 1.80. The van der Waals surface area contributed by atoms with Gasteiger partial charge in [-0.1, -0.05) is 48.0 Å². The number of methoxy groups -OCH3 is 1. The molecule has 1 heterocycles. The van der Waals surface area contributed by atoms with Crippen LogP contribution in [0.15, 0.2) is 93.2 Å². The lowest BCUT2D eigenvalue weighted by Crippen LogP contribution is -2.19. The molecule has 0 bridgehead atoms. The van der Waals surface area contributed by atoms with Gasteiger partial charge in [0.15, 0.2) is 16.7 Å². The molecule has 1 saturated heterocycles. The standard InChI is InChI=1S/C28H18BrClN2O4S/c1-35-23-14-16(15-24-26(33)32-28(37-24)31-19-11-9-18(30)10-12-19)13-22(29)25(23)36-27(34)21-8-4-6-17-5-2-3-7-20(17)21/h2-15H,1H3,(H,31,32,33)/b24-15-. The average molecular weight is 594 g/mol. The third-order valence-corrected chi connectivity index (χ3v) is 7.21. The number of benzene rings is 4. The van der Waals surface area contributed by atoms with Crippen LogP contribution in [0, 0.1) is 0 Å². The number of ether oxygens (including phenoxy) is 2. The second-order valence-corrected chi connectivity index (χ2v) is 10.2. The van der Waals surface area contributed by atoms with Crippen LogP contribution < -0.4 is 14.8 Å². The van der Waals surface area contributed by atoms with Crippen molar-refractivity contribution in [3.8, 4) is 11.5 Å². The fraction of sp³-hybridized carbons (Fsp3) is 0.0357. The van der Waals surface area contributed by atoms with Gasteiger partial charge >= 0.3 is 5.97 Å². The highest BCUT2D eigenvalue weighted by Gasteiger charge is 2.25. The van der Waals surface area contributed by atoms with E-state index in [9.17, 15) is 9.59 Å². The third kappa shape index (κ3) is 5.56. The molecule has 0 aliphatic carbocycles. The predicted octanol–water partition coefficient (Wildman–Crippen LogP) is 7.38. The van der Waals surface area contributed by atoms with E-state index >= 15 is 0 Å². The zero-order chi connectivity index (χ0) is 25.9. The minimum atomic E-state index is -0.504. The predicted molar refractivity (Wildman–Crippen MR) is 152 cm³/mol. The van der Waals surface area contributed by atoms with Crippen molar-refractivity contribution in [3.63, 3.8) is 0 Å². The highest BCUT2D eigenvalue weighted by atomic mass is 79.9. The summed E-state index contributed by atoms with van der Waals surface area (Å²) in [6, 6.07) is 23.5. The molecular weight excluding hydrogens is 576 g/mol. The lowest BCUT2D eigenvalue weighted by molar-refractivity contribution is -0.115. The molecule has 9 heteroatoms. The monoisotopic (exact) mass is 592 g/mol. The summed E-state index contributed by atoms with van der Waals surface area (Å²) in [6.07, 6.45) is 1.72. The number of nitrogens with one attached hydrogen (secondary N) is 1. The molecule has 4 aromatic rings. The number of amidine groups is 1. The molecule has 4 aromatic carbocycles. The maximum atomic E-state index is 13.1. The number of nitrogens with zero attached hydrogens (tertiary/aromatic N) is 1. The van der Waals surface area contributed by atoms with Crippen LogP contribution in [0.2, 0.25) is 5.02 Å². The Balaban J connectivity index is 1.40. The Morgan fingerprint density at radius 1 is 1.05 bits per heavy atom. The molecule has 1 amide bonds. The lowest BCUT2D eigenvalue weighted by atomic mass is 10.0. The summed E-state index contributed by atoms with van der Waals surface area (Å²) >= 11 is 10.6. The van der Waals surface area contributed by atoms with Gasteiger partial charge in [0.2, 0.25) is 0 Å². The van der Waals surface area contributed by atoms with E-state index in [1.165, 1.54) is 18.9 Å². The second kappa shape index (κ2) is 10.8. The zero-order valence-corrected chi connectivity index (χ0v) is 22.5. The summed E-state index contributed by atoms with van der Waals surface area (Å²) in [5, 5.41) is 5.57. The number of halogens is 2. The quantitative estimate of drug-likeness (QED) is 0.148. The van der Waals surface area contributed by atoms with Crippen LogP contribution in [0.1, 0.15) is 15.9 Å². The Bertz CT molecular complexity index is 1600. The van der Waals surface area contributed by atoms with E-state index in [0.717, 1.165) is 10.8 Å². The highest BCUT2D eigenvalue weighted by molar-refractivity contribution is 9.10. The molecule has 1 N–H and O–H groups in total. The Morgan fingerprint density at radius 2 is 1.81 bits per heavy atom. The highest BCUT2D eigenvalue weighted by Crippen LogP contribution is 2.39. The van der Waals surface area contributed by atoms with E-state index in [-0.39, 0.29) is 11.7 Å². The van der Waals surface area contributed by atoms with E-state index < -0.39 is 5.97 Å². The van der Waals surface area contributed by atoms with E-state index in [4.69, 9.17) is 21.1 Å². The molecule has 1 aliphatic rings. The normalized spacial score (nSPS) is 15.3. The molecule has 0 unspecified atom stereocenters. The van der Waals surface area contributed by atoms with Crippen molar-refractivity contribution in [2.75, 3.05) is 7.11 Å². The number of carbonyl (C=O) groups excluding carboxylic acids is 2. The zero-order valence-electron chi connectivity index (χ0n) is 19.3. The van der Waals surface area contributed by atoms with Crippen molar-refractivity contribution in [2.24, 2.45) is 4.99 Å². The Morgan fingerprint density at radius 3 is 2.59 bits per heavy atom. The number of hydrogen-bond acceptors (Lipinski definition) is 6. The summed E-state index contributed by atoms with van der Waals surface area (Å²) in [5.74, 6) is -0.181. The van der Waals surface area contributed by atoms with Crippen LogP contribution in [0.4, 0.5) is 5.69 Å². The Labute approximate surface area is 230 Å². The third-order valence-electron chi connectivity index (χ3n) is 5.46. The molecular formula is C28H18BrClN2O4S. The molecule has 184 valence electrons. The van der Waals surface area contributed by atoms with Crippen molar-refractivity contribution in [2.45, 2.75) is 0 Å². The van der Waals surface area contributed by atoms with Gasteiger partial charge in [0.25, 0.3) is 5.91 Å². The summed E-state index contributed by atoms with van der Waals surface area (Å²) in [4.78, 5) is 30.5. The molecule has 0 aromatic heterocycles. The molecule has 0 radical (unpaired) electrons. The molecule has 6 nitrogen and oxygen atoms in total. The fourth-order valence-electron chi connectivity index (χ4n) is 3.74. The second-order valence-electron chi connectivity index (χ2n) is 7.91. The first-order valence-corrected chi connectivity index (χ1v) is 13.0. The molecule has 0 atom stereocenters. The van der Waals surface area contributed by atoms with Crippen LogP contribution in [0.5, 0.6) is 11.5 Å². The summed E-state index contributed by atoms with van der Waals surface area (Å²) in [6.45, 7) is 0. The maximum absolute atomic E-state index is 13.1. The molecule has 37 heavy (non-hydrogen) atoms. The van der Waals surface area contributed by atoms with Crippen LogP contribution in [0.25, 0.3) is 16.8 Å². The van der Waals surface area contributed by atoms with Crippen LogP contribution in [-0.2, 0) is 4.79 Å². The van der Waals surface area contributed by atoms with Crippen LogP contribution >= 0.6 is 39.3 Å². The van der Waals surface area contributed by atoms with Gasteiger partial charge in [0, 0.05) is 5.02 Å². The van der Waals surface area contributed by atoms with Crippen molar-refractivity contribution in [1.82, 2.24) is 5.32 Å². The van der Waals surface area contributed by atoms with Gasteiger partial charge < -0.3 is 14.8 Å². The SMILES string of the molecule is COc1cc(/C=C2\SC(=Nc3ccc(Cl)cc3)NC2=O)cc(Br)c1OC(=O)c1cccc2ccccc12. The molecule has 0 saturated carbocycles. The fourth-order valence-corrected chi connectivity index (χ4v) is 5.25. The number of rotatable bonds is 5. The van der Waals surface area contributed by atoms with E-state index in [2.05, 4.69) is 26.2 Å². The van der Waals surface area contributed by atoms with Gasteiger partial charge in [0.1, 0.15) is 0 Å². The van der Waals surface area contributed by atoms with Crippen molar-refractivity contribution in [3.05, 3.63) is 104 Å². The topological polar surface area (TPSA) is 77.0 Å². The Kier molecular flexibility index (Phi) is 7.32. The number of esters is 1. The number of aliphatic imine (C=N–C) groups is 1. The first-order valence-electron chi connectivity index (χ1n) is 11.0. The minimum Gasteiger partial charge on any atom is -0.493 e. The van der Waals surface area contributed by atoms with Gasteiger partial charge in [0.05, 0.1) is 27.7 Å². The van der Waals surface area contributed by atoms with Gasteiger partial charge in [-0.3, -0.25) is 4.79 Å². The van der Waals surface area contributed by atoms with Gasteiger partial charge in [-0.15, -0.1) is 0 Å². The molecule has 1 aliphatic heterocycles. The maximum Gasteiger partial charge on any atom is 0.344 e. The lowest BCUT2D eigenvalue weighted by Gasteiger charge is -2.13. The number of carbonyl (C=O) groups is 2. The van der Waals surface area contributed by atoms with Crippen molar-refractivity contribution >= 4 is 78.9 Å². The minimum absolute atomic E-state index is 0.246. The average Bonchev–Trinajstić information content (AvgIpc) is 3.24. The number of hydrogen-bond donors (Lipinski definition) is 1. The van der Waals surface area contributed by atoms with Crippen LogP contribution in [0.3, 0.4) is 0 Å². The number of thioether (sulfide) groups is 1. The first kappa shape index (κ1) is 25.1. The van der Waals surface area contributed by atoms with Crippen LogP contribution in [-0.4, -0.2) is 24.2 Å². The first-order chi connectivity index (χ1) is 17.9. The smallest absolute Gasteiger partial charge is 0.344 e. The van der Waals surface area contributed by atoms with Gasteiger partial charge in [-0.25, -0.2) is 9.79 Å². The summed E-state index contributed by atoms with van der Waals surface area (Å²) < 4.78 is 11.8. The van der Waals surface area contributed by atoms with E-state index in [0.29, 0.717) is 42.1 Å². The number of fused-ring (bicyclic) bond motifs is 1. The van der Waals surface area contributed by atoms with Crippen molar-refractivity contribution in [1.29, 1.82) is 0 Å². The Hall–Kier alpha value is -3.59. The van der Waals surface area contributed by atoms with E-state index in [1.807, 2.05) is 36.4 Å². The molecule has 1 fully saturated rings. The largest absolute Gasteiger partial charge is 0.493 e. The molecule has 5 rings (SSSR count).